The fraction of sp³-hybridized carbons (Fsp3) is 0.394. The number of amides is 3. The van der Waals surface area contributed by atoms with E-state index < -0.39 is 0 Å². The molecule has 1 saturated carbocycles. The van der Waals surface area contributed by atoms with E-state index >= 15 is 0 Å². The number of nitrogens with one attached hydrogen (secondary N) is 3. The molecule has 3 aromatic rings. The van der Waals surface area contributed by atoms with Gasteiger partial charge in [-0.3, -0.25) is 4.79 Å². The topological polar surface area (TPSA) is 97.9 Å². The molecule has 0 bridgehead atoms. The van der Waals surface area contributed by atoms with Gasteiger partial charge in [-0.15, -0.1) is 0 Å². The van der Waals surface area contributed by atoms with E-state index in [0.29, 0.717) is 34.2 Å². The van der Waals surface area contributed by atoms with Crippen LogP contribution < -0.4 is 30.2 Å². The monoisotopic (exact) mass is 559 g/mol. The minimum atomic E-state index is -0.259. The number of carbonyl (C=O) groups excluding carboxylic acids is 2. The highest BCUT2D eigenvalue weighted by Gasteiger charge is 2.19. The molecule has 0 atom stereocenters. The third kappa shape index (κ3) is 8.64. The quantitative estimate of drug-likeness (QED) is 0.221. The van der Waals surface area contributed by atoms with Crippen LogP contribution in [0.25, 0.3) is 0 Å². The van der Waals surface area contributed by atoms with Crippen molar-refractivity contribution < 1.29 is 23.8 Å². The van der Waals surface area contributed by atoms with Gasteiger partial charge in [-0.1, -0.05) is 20.8 Å². The van der Waals surface area contributed by atoms with Crippen molar-refractivity contribution in [1.29, 1.82) is 0 Å². The first-order valence-corrected chi connectivity index (χ1v) is 14.5. The fourth-order valence-electron chi connectivity index (χ4n) is 4.84. The van der Waals surface area contributed by atoms with Crippen LogP contribution in [0.5, 0.6) is 23.0 Å². The van der Waals surface area contributed by atoms with E-state index in [1.165, 1.54) is 12.8 Å². The zero-order valence-electron chi connectivity index (χ0n) is 24.4. The van der Waals surface area contributed by atoms with Gasteiger partial charge < -0.3 is 30.2 Å². The van der Waals surface area contributed by atoms with Crippen molar-refractivity contribution in [2.45, 2.75) is 71.4 Å². The Labute approximate surface area is 242 Å². The first kappa shape index (κ1) is 29.8. The summed E-state index contributed by atoms with van der Waals surface area (Å²) < 4.78 is 17.6. The number of hydrogen-bond acceptors (Lipinski definition) is 5. The lowest BCUT2D eigenvalue weighted by molar-refractivity contribution is 0.102. The lowest BCUT2D eigenvalue weighted by atomic mass is 9.89. The summed E-state index contributed by atoms with van der Waals surface area (Å²) in [6.07, 6.45) is 6.55. The molecule has 0 heterocycles. The second-order valence-corrected chi connectivity index (χ2v) is 10.6. The zero-order chi connectivity index (χ0) is 29.2. The van der Waals surface area contributed by atoms with Crippen LogP contribution in [0.3, 0.4) is 0 Å². The van der Waals surface area contributed by atoms with Crippen LogP contribution in [0.2, 0.25) is 0 Å². The summed E-state index contributed by atoms with van der Waals surface area (Å²) in [5.41, 5.74) is 1.80. The summed E-state index contributed by atoms with van der Waals surface area (Å²) in [6.45, 7) is 6.37. The molecule has 3 aromatic carbocycles. The van der Waals surface area contributed by atoms with E-state index in [1.54, 1.807) is 61.7 Å². The highest BCUT2D eigenvalue weighted by atomic mass is 16.5. The Morgan fingerprint density at radius 1 is 0.805 bits per heavy atom. The largest absolute Gasteiger partial charge is 0.493 e. The molecule has 0 radical (unpaired) electrons. The maximum atomic E-state index is 12.8. The Morgan fingerprint density at radius 3 is 2.07 bits per heavy atom. The molecule has 218 valence electrons. The molecule has 1 aliphatic carbocycles. The normalized spacial score (nSPS) is 16.5. The Balaban J connectivity index is 1.30. The van der Waals surface area contributed by atoms with Crippen LogP contribution in [0.1, 0.15) is 69.7 Å². The summed E-state index contributed by atoms with van der Waals surface area (Å²) in [4.78, 5) is 25.1. The molecule has 41 heavy (non-hydrogen) atoms. The molecule has 0 aromatic heterocycles. The van der Waals surface area contributed by atoms with Gasteiger partial charge in [-0.05, 0) is 105 Å². The van der Waals surface area contributed by atoms with Crippen LogP contribution in [-0.2, 0) is 0 Å². The Bertz CT molecular complexity index is 1280. The average Bonchev–Trinajstić information content (AvgIpc) is 2.99. The molecular formula is C33H41N3O5. The molecular weight excluding hydrogens is 518 g/mol. The lowest BCUT2D eigenvalue weighted by Crippen LogP contribution is -2.37. The molecule has 0 spiro atoms. The number of rotatable bonds is 11. The van der Waals surface area contributed by atoms with Crippen LogP contribution in [0, 0.1) is 5.92 Å². The number of methoxy groups -OCH3 is 1. The number of urea groups is 1. The second kappa shape index (κ2) is 14.4. The molecule has 0 unspecified atom stereocenters. The van der Waals surface area contributed by atoms with Crippen molar-refractivity contribution in [3.63, 3.8) is 0 Å². The lowest BCUT2D eigenvalue weighted by Gasteiger charge is -2.26. The third-order valence-corrected chi connectivity index (χ3v) is 7.46. The first-order chi connectivity index (χ1) is 19.9. The highest BCUT2D eigenvalue weighted by molar-refractivity contribution is 6.04. The predicted octanol–water partition coefficient (Wildman–Crippen LogP) is 8.01. The third-order valence-electron chi connectivity index (χ3n) is 7.46. The fourth-order valence-corrected chi connectivity index (χ4v) is 4.84. The zero-order valence-corrected chi connectivity index (χ0v) is 24.4. The molecule has 1 aliphatic rings. The molecule has 1 fully saturated rings. The van der Waals surface area contributed by atoms with Crippen molar-refractivity contribution >= 4 is 23.3 Å². The maximum absolute atomic E-state index is 12.8. The molecule has 3 N–H and O–H groups in total. The van der Waals surface area contributed by atoms with Crippen LogP contribution in [0.4, 0.5) is 16.2 Å². The summed E-state index contributed by atoms with van der Waals surface area (Å²) in [7, 11) is 1.55. The van der Waals surface area contributed by atoms with Gasteiger partial charge in [0.2, 0.25) is 0 Å². The van der Waals surface area contributed by atoms with Gasteiger partial charge >= 0.3 is 6.03 Å². The summed E-state index contributed by atoms with van der Waals surface area (Å²) >= 11 is 0. The molecule has 3 amide bonds. The maximum Gasteiger partial charge on any atom is 0.319 e. The molecule has 4 rings (SSSR count). The van der Waals surface area contributed by atoms with Gasteiger partial charge in [-0.2, -0.15) is 0 Å². The van der Waals surface area contributed by atoms with E-state index in [4.69, 9.17) is 14.2 Å². The Hall–Kier alpha value is -4.20. The van der Waals surface area contributed by atoms with Crippen molar-refractivity contribution in [1.82, 2.24) is 5.32 Å². The van der Waals surface area contributed by atoms with Gasteiger partial charge in [-0.25, -0.2) is 4.79 Å². The summed E-state index contributed by atoms with van der Waals surface area (Å²) in [5.74, 6) is 2.93. The van der Waals surface area contributed by atoms with Crippen LogP contribution in [-0.4, -0.2) is 31.2 Å². The average molecular weight is 560 g/mol. The van der Waals surface area contributed by atoms with E-state index in [2.05, 4.69) is 22.9 Å². The van der Waals surface area contributed by atoms with Crippen LogP contribution in [0.15, 0.2) is 66.7 Å². The Kier molecular flexibility index (Phi) is 10.5. The standard InChI is InChI=1S/C33H41N3O5/c1-5-24(6-2)35-33(38)36-26-13-20-30(31(21-26)39-4)41-29-18-11-25(12-19-29)34-32(37)23-9-16-28(17-10-23)40-27-14-7-22(3)8-15-27/h9-13,16-22,24,27H,5-8,14-15H2,1-4H3,(H,34,37)(H2,35,36,38). The number of benzene rings is 3. The first-order valence-electron chi connectivity index (χ1n) is 14.5. The molecule has 8 nitrogen and oxygen atoms in total. The van der Waals surface area contributed by atoms with Gasteiger partial charge in [0.1, 0.15) is 11.5 Å². The number of ether oxygens (including phenoxy) is 3. The van der Waals surface area contributed by atoms with Gasteiger partial charge in [0.05, 0.1) is 13.2 Å². The molecule has 0 aliphatic heterocycles. The van der Waals surface area contributed by atoms with Crippen molar-refractivity contribution in [2.24, 2.45) is 5.92 Å². The Morgan fingerprint density at radius 2 is 1.44 bits per heavy atom. The van der Waals surface area contributed by atoms with Crippen molar-refractivity contribution in [3.05, 3.63) is 72.3 Å². The summed E-state index contributed by atoms with van der Waals surface area (Å²) in [5, 5.41) is 8.70. The van der Waals surface area contributed by atoms with E-state index in [0.717, 1.165) is 37.4 Å². The smallest absolute Gasteiger partial charge is 0.319 e. The van der Waals surface area contributed by atoms with Gasteiger partial charge in [0, 0.05) is 29.0 Å². The van der Waals surface area contributed by atoms with E-state index in [9.17, 15) is 9.59 Å². The second-order valence-electron chi connectivity index (χ2n) is 10.6. The predicted molar refractivity (Wildman–Crippen MR) is 162 cm³/mol. The van der Waals surface area contributed by atoms with Gasteiger partial charge in [0.25, 0.3) is 5.91 Å². The van der Waals surface area contributed by atoms with Crippen LogP contribution >= 0.6 is 0 Å². The van der Waals surface area contributed by atoms with E-state index in [1.807, 2.05) is 26.0 Å². The minimum absolute atomic E-state index is 0.127. The molecule has 8 heteroatoms. The van der Waals surface area contributed by atoms with E-state index in [-0.39, 0.29) is 24.1 Å². The highest BCUT2D eigenvalue weighted by Crippen LogP contribution is 2.34. The van der Waals surface area contributed by atoms with Crippen molar-refractivity contribution in [2.75, 3.05) is 17.7 Å². The van der Waals surface area contributed by atoms with Crippen molar-refractivity contribution in [3.8, 4) is 23.0 Å². The minimum Gasteiger partial charge on any atom is -0.493 e. The summed E-state index contributed by atoms with van der Waals surface area (Å²) in [6, 6.07) is 19.5. The number of hydrogen-bond donors (Lipinski definition) is 3. The van der Waals surface area contributed by atoms with Gasteiger partial charge in [0.15, 0.2) is 11.5 Å². The molecule has 0 saturated heterocycles. The number of carbonyl (C=O) groups is 2. The SMILES string of the molecule is CCC(CC)NC(=O)Nc1ccc(Oc2ccc(NC(=O)c3ccc(OC4CCC(C)CC4)cc3)cc2)c(OC)c1. The number of anilines is 2.